The third-order valence-corrected chi connectivity index (χ3v) is 5.60. The van der Waals surface area contributed by atoms with E-state index in [1.165, 1.54) is 7.11 Å². The molecule has 5 nitrogen and oxygen atoms in total. The summed E-state index contributed by atoms with van der Waals surface area (Å²) >= 11 is 0. The van der Waals surface area contributed by atoms with E-state index in [0.717, 1.165) is 30.4 Å². The van der Waals surface area contributed by atoms with E-state index in [-0.39, 0.29) is 36.0 Å². The van der Waals surface area contributed by atoms with Crippen LogP contribution in [0.5, 0.6) is 0 Å². The van der Waals surface area contributed by atoms with Crippen molar-refractivity contribution in [3.05, 3.63) is 42.0 Å². The highest BCUT2D eigenvalue weighted by Crippen LogP contribution is 2.47. The highest BCUT2D eigenvalue weighted by Gasteiger charge is 2.53. The fraction of sp³-hybridized carbons (Fsp3) is 0.545. The minimum absolute atomic E-state index is 0.0347. The van der Waals surface area contributed by atoms with Crippen molar-refractivity contribution in [3.8, 4) is 0 Å². The van der Waals surface area contributed by atoms with Crippen LogP contribution < -0.4 is 0 Å². The van der Waals surface area contributed by atoms with E-state index in [9.17, 15) is 9.59 Å². The van der Waals surface area contributed by atoms with Gasteiger partial charge in [0.2, 0.25) is 0 Å². The second-order valence-electron chi connectivity index (χ2n) is 8.45. The number of methoxy groups -OCH3 is 1. The van der Waals surface area contributed by atoms with Crippen LogP contribution in [0.25, 0.3) is 6.08 Å². The van der Waals surface area contributed by atoms with Gasteiger partial charge < -0.3 is 14.4 Å². The van der Waals surface area contributed by atoms with Gasteiger partial charge in [0.05, 0.1) is 13.0 Å². The fourth-order valence-electron chi connectivity index (χ4n) is 4.48. The predicted octanol–water partition coefficient (Wildman–Crippen LogP) is 4.37. The maximum Gasteiger partial charge on any atom is 0.410 e. The SMILES string of the molecule is C=Cc1ccc(C2CC3CCC(C2C(=O)OC)N3C(=O)OC(C)(C)C)cc1. The van der Waals surface area contributed by atoms with Crippen LogP contribution in [0.15, 0.2) is 30.8 Å². The number of amides is 1. The zero-order chi connectivity index (χ0) is 19.8. The van der Waals surface area contributed by atoms with E-state index >= 15 is 0 Å². The van der Waals surface area contributed by atoms with Gasteiger partial charge in [-0.2, -0.15) is 0 Å². The van der Waals surface area contributed by atoms with Gasteiger partial charge in [-0.05, 0) is 51.2 Å². The summed E-state index contributed by atoms with van der Waals surface area (Å²) < 4.78 is 10.7. The van der Waals surface area contributed by atoms with Crippen molar-refractivity contribution < 1.29 is 19.1 Å². The molecule has 2 bridgehead atoms. The summed E-state index contributed by atoms with van der Waals surface area (Å²) in [4.78, 5) is 27.3. The Morgan fingerprint density at radius 1 is 1.19 bits per heavy atom. The van der Waals surface area contributed by atoms with E-state index in [1.807, 2.05) is 32.9 Å². The molecule has 4 atom stereocenters. The Morgan fingerprint density at radius 3 is 2.41 bits per heavy atom. The number of nitrogens with zero attached hydrogens (tertiary/aromatic N) is 1. The van der Waals surface area contributed by atoms with Gasteiger partial charge in [0.15, 0.2) is 0 Å². The standard InChI is InChI=1S/C22H29NO4/c1-6-14-7-9-15(10-8-14)17-13-16-11-12-18(19(17)20(24)26-5)23(16)21(25)27-22(2,3)4/h6-10,16-19H,1,11-13H2,2-5H3. The molecular formula is C22H29NO4. The number of benzene rings is 1. The van der Waals surface area contributed by atoms with Crippen molar-refractivity contribution in [3.63, 3.8) is 0 Å². The summed E-state index contributed by atoms with van der Waals surface area (Å²) in [6.45, 7) is 9.37. The summed E-state index contributed by atoms with van der Waals surface area (Å²) in [7, 11) is 1.42. The molecule has 1 amide bonds. The average molecular weight is 371 g/mol. The topological polar surface area (TPSA) is 55.8 Å². The second kappa shape index (κ2) is 7.37. The number of piperidine rings is 1. The minimum Gasteiger partial charge on any atom is -0.469 e. The normalized spacial score (nSPS) is 27.2. The summed E-state index contributed by atoms with van der Waals surface area (Å²) in [5, 5.41) is 0. The fourth-order valence-corrected chi connectivity index (χ4v) is 4.48. The molecule has 2 heterocycles. The molecule has 2 aliphatic rings. The molecular weight excluding hydrogens is 342 g/mol. The van der Waals surface area contributed by atoms with Crippen LogP contribution >= 0.6 is 0 Å². The number of fused-ring (bicyclic) bond motifs is 2. The highest BCUT2D eigenvalue weighted by molar-refractivity contribution is 5.78. The van der Waals surface area contributed by atoms with Crippen molar-refractivity contribution in [1.29, 1.82) is 0 Å². The van der Waals surface area contributed by atoms with Gasteiger partial charge in [-0.3, -0.25) is 4.79 Å². The average Bonchev–Trinajstić information content (AvgIpc) is 2.94. The van der Waals surface area contributed by atoms with E-state index in [1.54, 1.807) is 11.0 Å². The van der Waals surface area contributed by atoms with Gasteiger partial charge in [-0.15, -0.1) is 0 Å². The molecule has 0 aromatic heterocycles. The summed E-state index contributed by atoms with van der Waals surface area (Å²) in [6, 6.07) is 8.04. The summed E-state index contributed by atoms with van der Waals surface area (Å²) in [5.74, 6) is -0.602. The largest absolute Gasteiger partial charge is 0.469 e. The molecule has 0 aliphatic carbocycles. The van der Waals surface area contributed by atoms with Crippen molar-refractivity contribution in [2.45, 2.75) is 63.6 Å². The van der Waals surface area contributed by atoms with E-state index < -0.39 is 5.60 Å². The molecule has 146 valence electrons. The Labute approximate surface area is 161 Å². The van der Waals surface area contributed by atoms with Crippen molar-refractivity contribution in [1.82, 2.24) is 4.90 Å². The Morgan fingerprint density at radius 2 is 1.85 bits per heavy atom. The smallest absolute Gasteiger partial charge is 0.410 e. The Balaban J connectivity index is 1.91. The molecule has 1 aromatic rings. The van der Waals surface area contributed by atoms with Crippen molar-refractivity contribution in [2.75, 3.05) is 7.11 Å². The van der Waals surface area contributed by atoms with Crippen molar-refractivity contribution in [2.24, 2.45) is 5.92 Å². The quantitative estimate of drug-likeness (QED) is 0.740. The number of hydrogen-bond acceptors (Lipinski definition) is 4. The van der Waals surface area contributed by atoms with Gasteiger partial charge in [0.1, 0.15) is 5.60 Å². The van der Waals surface area contributed by atoms with E-state index in [4.69, 9.17) is 9.47 Å². The van der Waals surface area contributed by atoms with Crippen LogP contribution in [-0.2, 0) is 14.3 Å². The molecule has 27 heavy (non-hydrogen) atoms. The van der Waals surface area contributed by atoms with E-state index in [0.29, 0.717) is 0 Å². The van der Waals surface area contributed by atoms with Crippen molar-refractivity contribution >= 4 is 18.1 Å². The molecule has 3 rings (SSSR count). The lowest BCUT2D eigenvalue weighted by atomic mass is 9.76. The molecule has 2 fully saturated rings. The van der Waals surface area contributed by atoms with Gasteiger partial charge in [-0.1, -0.05) is 36.9 Å². The first-order valence-corrected chi connectivity index (χ1v) is 9.56. The molecule has 0 radical (unpaired) electrons. The van der Waals surface area contributed by atoms with Gasteiger partial charge >= 0.3 is 12.1 Å². The Hall–Kier alpha value is -2.30. The van der Waals surface area contributed by atoms with Crippen LogP contribution in [0.2, 0.25) is 0 Å². The van der Waals surface area contributed by atoms with Gasteiger partial charge in [-0.25, -0.2) is 4.79 Å². The maximum absolute atomic E-state index is 12.8. The Kier molecular flexibility index (Phi) is 5.31. The molecule has 2 saturated heterocycles. The highest BCUT2D eigenvalue weighted by atomic mass is 16.6. The number of rotatable bonds is 3. The Bertz CT molecular complexity index is 719. The van der Waals surface area contributed by atoms with Crippen LogP contribution in [0, 0.1) is 5.92 Å². The zero-order valence-corrected chi connectivity index (χ0v) is 16.6. The zero-order valence-electron chi connectivity index (χ0n) is 16.6. The first-order chi connectivity index (χ1) is 12.7. The predicted molar refractivity (Wildman–Crippen MR) is 104 cm³/mol. The summed E-state index contributed by atoms with van der Waals surface area (Å²) in [6.07, 6.45) is 3.90. The van der Waals surface area contributed by atoms with Crippen LogP contribution in [0.1, 0.15) is 57.1 Å². The number of ether oxygens (including phenoxy) is 2. The van der Waals surface area contributed by atoms with Crippen LogP contribution in [0.4, 0.5) is 4.79 Å². The number of carbonyl (C=O) groups excluding carboxylic acids is 2. The van der Waals surface area contributed by atoms with Crippen LogP contribution in [-0.4, -0.2) is 41.8 Å². The minimum atomic E-state index is -0.561. The third kappa shape index (κ3) is 3.87. The van der Waals surface area contributed by atoms with E-state index in [2.05, 4.69) is 18.7 Å². The molecule has 4 unspecified atom stereocenters. The molecule has 0 saturated carbocycles. The monoisotopic (exact) mass is 371 g/mol. The maximum atomic E-state index is 12.8. The van der Waals surface area contributed by atoms with Gasteiger partial charge in [0.25, 0.3) is 0 Å². The molecule has 1 aromatic carbocycles. The molecule has 0 N–H and O–H groups in total. The lowest BCUT2D eigenvalue weighted by Gasteiger charge is -2.43. The molecule has 2 aliphatic heterocycles. The number of carbonyl (C=O) groups is 2. The molecule has 5 heteroatoms. The summed E-state index contributed by atoms with van der Waals surface area (Å²) in [5.41, 5.74) is 1.59. The lowest BCUT2D eigenvalue weighted by molar-refractivity contribution is -0.150. The first kappa shape index (κ1) is 19.5. The van der Waals surface area contributed by atoms with Crippen LogP contribution in [0.3, 0.4) is 0 Å². The first-order valence-electron chi connectivity index (χ1n) is 9.56. The lowest BCUT2D eigenvalue weighted by Crippen LogP contribution is -2.54. The number of hydrogen-bond donors (Lipinski definition) is 0. The third-order valence-electron chi connectivity index (χ3n) is 5.60. The van der Waals surface area contributed by atoms with Gasteiger partial charge in [0, 0.05) is 18.0 Å². The second-order valence-corrected chi connectivity index (χ2v) is 8.45. The molecule has 0 spiro atoms. The number of esters is 1.